The highest BCUT2D eigenvalue weighted by Crippen LogP contribution is 2.36. The number of carbonyl (C=O) groups is 2. The van der Waals surface area contributed by atoms with Gasteiger partial charge < -0.3 is 9.80 Å². The molecule has 0 spiro atoms. The van der Waals surface area contributed by atoms with Crippen LogP contribution >= 0.6 is 11.6 Å². The van der Waals surface area contributed by atoms with Crippen LogP contribution in [0, 0.1) is 0 Å². The van der Waals surface area contributed by atoms with E-state index in [1.807, 2.05) is 23.1 Å². The quantitative estimate of drug-likeness (QED) is 0.406. The monoisotopic (exact) mass is 561 g/mol. The molecular formula is C31H32ClN3O3S. The van der Waals surface area contributed by atoms with Gasteiger partial charge in [-0.15, -0.1) is 0 Å². The van der Waals surface area contributed by atoms with E-state index < -0.39 is 10.8 Å². The van der Waals surface area contributed by atoms with E-state index in [0.717, 1.165) is 18.7 Å². The molecule has 1 saturated carbocycles. The second-order valence-electron chi connectivity index (χ2n) is 10.6. The van der Waals surface area contributed by atoms with Crippen LogP contribution in [0.1, 0.15) is 58.4 Å². The average molecular weight is 562 g/mol. The molecule has 1 aliphatic carbocycles. The number of halogens is 1. The maximum Gasteiger partial charge on any atom is 0.259 e. The van der Waals surface area contributed by atoms with Crippen molar-refractivity contribution in [2.24, 2.45) is 0 Å². The van der Waals surface area contributed by atoms with Gasteiger partial charge in [0.05, 0.1) is 38.4 Å². The van der Waals surface area contributed by atoms with Gasteiger partial charge in [-0.3, -0.25) is 14.5 Å². The van der Waals surface area contributed by atoms with Crippen LogP contribution in [-0.2, 0) is 17.3 Å². The largest absolute Gasteiger partial charge is 0.336 e. The Kier molecular flexibility index (Phi) is 7.56. The Morgan fingerprint density at radius 2 is 1.64 bits per heavy atom. The summed E-state index contributed by atoms with van der Waals surface area (Å²) < 4.78 is 13.7. The van der Waals surface area contributed by atoms with Gasteiger partial charge in [-0.05, 0) is 60.9 Å². The first-order valence-corrected chi connectivity index (χ1v) is 15.3. The molecule has 6 nitrogen and oxygen atoms in total. The van der Waals surface area contributed by atoms with E-state index >= 15 is 0 Å². The molecular weight excluding hydrogens is 530 g/mol. The summed E-state index contributed by atoms with van der Waals surface area (Å²) in [5.41, 5.74) is 2.26. The summed E-state index contributed by atoms with van der Waals surface area (Å²) in [6.45, 7) is 3.40. The van der Waals surface area contributed by atoms with Crippen LogP contribution in [0.15, 0.2) is 76.5 Å². The first-order chi connectivity index (χ1) is 19.0. The van der Waals surface area contributed by atoms with Crippen LogP contribution in [0.4, 0.5) is 5.69 Å². The minimum Gasteiger partial charge on any atom is -0.336 e. The molecule has 1 atom stereocenters. The van der Waals surface area contributed by atoms with Crippen molar-refractivity contribution >= 4 is 39.9 Å². The first-order valence-electron chi connectivity index (χ1n) is 13.7. The molecule has 202 valence electrons. The number of benzene rings is 3. The second kappa shape index (κ2) is 11.2. The zero-order chi connectivity index (χ0) is 26.9. The molecule has 3 aromatic carbocycles. The van der Waals surface area contributed by atoms with E-state index in [-0.39, 0.29) is 18.4 Å². The minimum atomic E-state index is -1.57. The Bertz CT molecular complexity index is 1430. The molecule has 2 aliphatic heterocycles. The average Bonchev–Trinajstić information content (AvgIpc) is 3.06. The Hall–Kier alpha value is -3.00. The standard InChI is InChI=1S/C31H32ClN3O3S/c32-24-8-6-7-22(19-24)21-35-27-20-23(13-14-29(27)39(38)28-12-5-4-11-26(28)31(35)37)30(36)34-17-15-33(16-18-34)25-9-2-1-3-10-25/h4-8,11-14,19-20,25H,1-3,9-10,15-18,21H2. The van der Waals surface area contributed by atoms with Crippen LogP contribution in [0.3, 0.4) is 0 Å². The summed E-state index contributed by atoms with van der Waals surface area (Å²) in [6, 6.07) is 20.3. The Morgan fingerprint density at radius 1 is 0.872 bits per heavy atom. The summed E-state index contributed by atoms with van der Waals surface area (Å²) in [4.78, 5) is 34.6. The van der Waals surface area contributed by atoms with E-state index in [4.69, 9.17) is 11.6 Å². The fourth-order valence-electron chi connectivity index (χ4n) is 6.09. The molecule has 2 heterocycles. The summed E-state index contributed by atoms with van der Waals surface area (Å²) in [7, 11) is -1.57. The Morgan fingerprint density at radius 3 is 2.41 bits per heavy atom. The van der Waals surface area contributed by atoms with Gasteiger partial charge in [0.2, 0.25) is 0 Å². The number of hydrogen-bond acceptors (Lipinski definition) is 4. The van der Waals surface area contributed by atoms with E-state index in [1.165, 1.54) is 32.1 Å². The van der Waals surface area contributed by atoms with Crippen molar-refractivity contribution in [1.82, 2.24) is 9.80 Å². The molecule has 3 aliphatic rings. The number of piperazine rings is 1. The number of hydrogen-bond donors (Lipinski definition) is 0. The topological polar surface area (TPSA) is 60.9 Å². The highest BCUT2D eigenvalue weighted by Gasteiger charge is 2.33. The number of amides is 2. The van der Waals surface area contributed by atoms with Crippen molar-refractivity contribution in [2.45, 2.75) is 54.5 Å². The number of nitrogens with zero attached hydrogens (tertiary/aromatic N) is 3. The van der Waals surface area contributed by atoms with Gasteiger partial charge in [0, 0.05) is 42.8 Å². The Balaban J connectivity index is 1.31. The van der Waals surface area contributed by atoms with Crippen LogP contribution in [0.2, 0.25) is 5.02 Å². The van der Waals surface area contributed by atoms with Crippen LogP contribution < -0.4 is 4.90 Å². The number of rotatable bonds is 4. The lowest BCUT2D eigenvalue weighted by atomic mass is 9.94. The van der Waals surface area contributed by atoms with Gasteiger partial charge in [-0.2, -0.15) is 0 Å². The Labute approximate surface area is 237 Å². The molecule has 6 rings (SSSR count). The predicted molar refractivity (Wildman–Crippen MR) is 154 cm³/mol. The van der Waals surface area contributed by atoms with Crippen molar-refractivity contribution in [3.05, 3.63) is 88.4 Å². The maximum absolute atomic E-state index is 13.9. The summed E-state index contributed by atoms with van der Waals surface area (Å²) >= 11 is 6.24. The lowest BCUT2D eigenvalue weighted by Gasteiger charge is -2.40. The summed E-state index contributed by atoms with van der Waals surface area (Å²) in [5.74, 6) is -0.299. The lowest BCUT2D eigenvalue weighted by Crippen LogP contribution is -2.52. The molecule has 3 aromatic rings. The maximum atomic E-state index is 13.9. The SMILES string of the molecule is O=C(c1ccc2c(c1)N(Cc1cccc(Cl)c1)C(=O)c1ccccc1S2=O)N1CCN(C2CCCCC2)CC1. The number of carbonyl (C=O) groups excluding carboxylic acids is 2. The van der Waals surface area contributed by atoms with Crippen LogP contribution in [0.5, 0.6) is 0 Å². The van der Waals surface area contributed by atoms with Gasteiger partial charge >= 0.3 is 0 Å². The molecule has 1 unspecified atom stereocenters. The third-order valence-corrected chi connectivity index (χ3v) is 9.92. The fourth-order valence-corrected chi connectivity index (χ4v) is 7.65. The lowest BCUT2D eigenvalue weighted by molar-refractivity contribution is 0.0523. The zero-order valence-electron chi connectivity index (χ0n) is 21.9. The van der Waals surface area contributed by atoms with Gasteiger partial charge in [-0.25, -0.2) is 4.21 Å². The van der Waals surface area contributed by atoms with Gasteiger partial charge in [0.15, 0.2) is 0 Å². The van der Waals surface area contributed by atoms with Crippen molar-refractivity contribution in [2.75, 3.05) is 31.1 Å². The zero-order valence-corrected chi connectivity index (χ0v) is 23.4. The minimum absolute atomic E-state index is 0.0520. The van der Waals surface area contributed by atoms with Crippen LogP contribution in [-0.4, -0.2) is 58.0 Å². The fraction of sp³-hybridized carbons (Fsp3) is 0.355. The van der Waals surface area contributed by atoms with Crippen molar-refractivity contribution in [3.8, 4) is 0 Å². The van der Waals surface area contributed by atoms with Crippen molar-refractivity contribution in [1.29, 1.82) is 0 Å². The van der Waals surface area contributed by atoms with Gasteiger partial charge in [0.25, 0.3) is 11.8 Å². The van der Waals surface area contributed by atoms with Gasteiger partial charge in [0.1, 0.15) is 0 Å². The molecule has 0 aromatic heterocycles. The van der Waals surface area contributed by atoms with E-state index in [2.05, 4.69) is 4.90 Å². The number of anilines is 1. The first kappa shape index (κ1) is 26.2. The third kappa shape index (κ3) is 5.28. The molecule has 8 heteroatoms. The molecule has 0 N–H and O–H groups in total. The second-order valence-corrected chi connectivity index (χ2v) is 12.4. The van der Waals surface area contributed by atoms with Gasteiger partial charge in [-0.1, -0.05) is 55.1 Å². The van der Waals surface area contributed by atoms with E-state index in [1.54, 1.807) is 53.4 Å². The number of fused-ring (bicyclic) bond motifs is 2. The van der Waals surface area contributed by atoms with E-state index in [0.29, 0.717) is 50.8 Å². The van der Waals surface area contributed by atoms with E-state index in [9.17, 15) is 13.8 Å². The smallest absolute Gasteiger partial charge is 0.259 e. The van der Waals surface area contributed by atoms with Crippen LogP contribution in [0.25, 0.3) is 0 Å². The van der Waals surface area contributed by atoms with Crippen molar-refractivity contribution < 1.29 is 13.8 Å². The molecule has 0 radical (unpaired) electrons. The highest BCUT2D eigenvalue weighted by atomic mass is 35.5. The predicted octanol–water partition coefficient (Wildman–Crippen LogP) is 5.76. The molecule has 39 heavy (non-hydrogen) atoms. The molecule has 1 saturated heterocycles. The highest BCUT2D eigenvalue weighted by molar-refractivity contribution is 7.85. The van der Waals surface area contributed by atoms with Crippen molar-refractivity contribution in [3.63, 3.8) is 0 Å². The third-order valence-electron chi connectivity index (χ3n) is 8.18. The molecule has 0 bridgehead atoms. The summed E-state index contributed by atoms with van der Waals surface area (Å²) in [5, 5.41) is 0.579. The molecule has 2 fully saturated rings. The normalized spacial score (nSPS) is 20.3. The summed E-state index contributed by atoms with van der Waals surface area (Å²) in [6.07, 6.45) is 6.45. The molecule has 2 amide bonds.